The standard InChI is InChI=1S/C13H19N3O2S/c1-9-7-14-13(19-8-12(17)18)16(9)11-4-6-15-5-2-3-10(11)15/h7,10-11H,2-6,8H2,1H3,(H,17,18). The van der Waals surface area contributed by atoms with Crippen LogP contribution in [0.15, 0.2) is 11.4 Å². The summed E-state index contributed by atoms with van der Waals surface area (Å²) in [5, 5.41) is 9.68. The number of thioether (sulfide) groups is 1. The van der Waals surface area contributed by atoms with Crippen molar-refractivity contribution in [1.82, 2.24) is 14.5 Å². The number of aryl methyl sites for hydroxylation is 1. The highest BCUT2D eigenvalue weighted by atomic mass is 32.2. The van der Waals surface area contributed by atoms with E-state index in [9.17, 15) is 4.79 Å². The zero-order valence-corrected chi connectivity index (χ0v) is 11.9. The van der Waals surface area contributed by atoms with Gasteiger partial charge in [-0.15, -0.1) is 0 Å². The summed E-state index contributed by atoms with van der Waals surface area (Å²) in [7, 11) is 0. The highest BCUT2D eigenvalue weighted by molar-refractivity contribution is 7.99. The molecule has 2 aliphatic heterocycles. The topological polar surface area (TPSA) is 58.4 Å². The molecule has 0 radical (unpaired) electrons. The molecule has 0 spiro atoms. The molecule has 2 saturated heterocycles. The number of hydrogen-bond donors (Lipinski definition) is 1. The first-order valence-corrected chi connectivity index (χ1v) is 7.78. The van der Waals surface area contributed by atoms with Crippen LogP contribution in [0.2, 0.25) is 0 Å². The molecule has 1 N–H and O–H groups in total. The lowest BCUT2D eigenvalue weighted by Gasteiger charge is -2.24. The fourth-order valence-corrected chi connectivity index (χ4v) is 4.22. The van der Waals surface area contributed by atoms with Crippen LogP contribution in [0.1, 0.15) is 31.0 Å². The number of carboxylic acid groups (broad SMARTS) is 1. The first kappa shape index (κ1) is 13.0. The fourth-order valence-electron chi connectivity index (χ4n) is 3.42. The van der Waals surface area contributed by atoms with E-state index in [0.717, 1.165) is 23.8 Å². The molecule has 0 amide bonds. The molecule has 0 aliphatic carbocycles. The van der Waals surface area contributed by atoms with Crippen molar-refractivity contribution in [2.45, 2.75) is 43.4 Å². The predicted molar refractivity (Wildman–Crippen MR) is 73.6 cm³/mol. The largest absolute Gasteiger partial charge is 0.481 e. The maximum atomic E-state index is 10.7. The Morgan fingerprint density at radius 3 is 3.11 bits per heavy atom. The van der Waals surface area contributed by atoms with Crippen LogP contribution in [0.25, 0.3) is 0 Å². The molecule has 3 heterocycles. The van der Waals surface area contributed by atoms with Crippen LogP contribution in [-0.4, -0.2) is 50.4 Å². The second-order valence-corrected chi connectivity index (χ2v) is 6.28. The molecule has 0 saturated carbocycles. The summed E-state index contributed by atoms with van der Waals surface area (Å²) < 4.78 is 2.27. The second-order valence-electron chi connectivity index (χ2n) is 5.34. The lowest BCUT2D eigenvalue weighted by Crippen LogP contribution is -2.28. The lowest BCUT2D eigenvalue weighted by atomic mass is 10.1. The number of hydrogen-bond acceptors (Lipinski definition) is 4. The van der Waals surface area contributed by atoms with Gasteiger partial charge in [0, 0.05) is 24.5 Å². The number of carbonyl (C=O) groups is 1. The van der Waals surface area contributed by atoms with Gasteiger partial charge in [-0.1, -0.05) is 11.8 Å². The van der Waals surface area contributed by atoms with Crippen molar-refractivity contribution in [2.75, 3.05) is 18.8 Å². The van der Waals surface area contributed by atoms with Gasteiger partial charge in [0.1, 0.15) is 0 Å². The van der Waals surface area contributed by atoms with Crippen LogP contribution in [0.3, 0.4) is 0 Å². The second kappa shape index (κ2) is 5.17. The number of nitrogens with zero attached hydrogens (tertiary/aromatic N) is 3. The summed E-state index contributed by atoms with van der Waals surface area (Å²) in [6.45, 7) is 4.44. The Morgan fingerprint density at radius 1 is 1.47 bits per heavy atom. The van der Waals surface area contributed by atoms with Crippen molar-refractivity contribution in [2.24, 2.45) is 0 Å². The van der Waals surface area contributed by atoms with Crippen LogP contribution in [-0.2, 0) is 4.79 Å². The average Bonchev–Trinajstić information content (AvgIpc) is 3.02. The van der Waals surface area contributed by atoms with Gasteiger partial charge in [0.25, 0.3) is 0 Å². The average molecular weight is 281 g/mol. The number of aliphatic carboxylic acids is 1. The van der Waals surface area contributed by atoms with Crippen molar-refractivity contribution in [3.05, 3.63) is 11.9 Å². The molecule has 19 heavy (non-hydrogen) atoms. The first-order valence-electron chi connectivity index (χ1n) is 6.79. The van der Waals surface area contributed by atoms with Gasteiger partial charge in [-0.3, -0.25) is 9.69 Å². The molecule has 0 bridgehead atoms. The Labute approximate surface area is 117 Å². The molecular formula is C13H19N3O2S. The van der Waals surface area contributed by atoms with Crippen molar-refractivity contribution >= 4 is 17.7 Å². The van der Waals surface area contributed by atoms with E-state index in [1.165, 1.54) is 31.1 Å². The summed E-state index contributed by atoms with van der Waals surface area (Å²) in [6.07, 6.45) is 5.56. The third-order valence-electron chi connectivity index (χ3n) is 4.17. The minimum atomic E-state index is -0.786. The predicted octanol–water partition coefficient (Wildman–Crippen LogP) is 1.78. The van der Waals surface area contributed by atoms with Gasteiger partial charge in [0.15, 0.2) is 5.16 Å². The first-order chi connectivity index (χ1) is 9.16. The van der Waals surface area contributed by atoms with Crippen LogP contribution in [0.5, 0.6) is 0 Å². The minimum Gasteiger partial charge on any atom is -0.481 e. The van der Waals surface area contributed by atoms with Gasteiger partial charge >= 0.3 is 5.97 Å². The Morgan fingerprint density at radius 2 is 2.32 bits per heavy atom. The Hall–Kier alpha value is -1.01. The molecule has 0 aromatic carbocycles. The van der Waals surface area contributed by atoms with E-state index in [4.69, 9.17) is 5.11 Å². The van der Waals surface area contributed by atoms with Crippen LogP contribution in [0.4, 0.5) is 0 Å². The minimum absolute atomic E-state index is 0.0809. The molecular weight excluding hydrogens is 262 g/mol. The monoisotopic (exact) mass is 281 g/mol. The fraction of sp³-hybridized carbons (Fsp3) is 0.692. The van der Waals surface area contributed by atoms with Crippen LogP contribution in [0, 0.1) is 6.92 Å². The van der Waals surface area contributed by atoms with Crippen molar-refractivity contribution in [3.8, 4) is 0 Å². The molecule has 3 rings (SSSR count). The van der Waals surface area contributed by atoms with E-state index in [0.29, 0.717) is 12.1 Å². The van der Waals surface area contributed by atoms with E-state index in [1.807, 2.05) is 6.20 Å². The third-order valence-corrected chi connectivity index (χ3v) is 5.13. The molecule has 2 unspecified atom stereocenters. The maximum absolute atomic E-state index is 10.7. The third kappa shape index (κ3) is 2.39. The highest BCUT2D eigenvalue weighted by Crippen LogP contribution is 2.38. The Kier molecular flexibility index (Phi) is 3.54. The summed E-state index contributed by atoms with van der Waals surface area (Å²) >= 11 is 1.33. The quantitative estimate of drug-likeness (QED) is 0.853. The molecule has 2 aliphatic rings. The maximum Gasteiger partial charge on any atom is 0.313 e. The summed E-state index contributed by atoms with van der Waals surface area (Å²) in [5.74, 6) is -0.705. The number of fused-ring (bicyclic) bond motifs is 1. The number of imidazole rings is 1. The van der Waals surface area contributed by atoms with E-state index in [2.05, 4.69) is 21.4 Å². The summed E-state index contributed by atoms with van der Waals surface area (Å²) in [5.41, 5.74) is 1.15. The zero-order chi connectivity index (χ0) is 13.4. The molecule has 5 nitrogen and oxygen atoms in total. The molecule has 6 heteroatoms. The summed E-state index contributed by atoms with van der Waals surface area (Å²) in [6, 6.07) is 1.10. The molecule has 2 atom stereocenters. The number of aromatic nitrogens is 2. The van der Waals surface area contributed by atoms with Gasteiger partial charge in [-0.05, 0) is 32.7 Å². The van der Waals surface area contributed by atoms with E-state index >= 15 is 0 Å². The molecule has 1 aromatic rings. The van der Waals surface area contributed by atoms with Gasteiger partial charge in [-0.25, -0.2) is 4.98 Å². The van der Waals surface area contributed by atoms with E-state index in [1.54, 1.807) is 0 Å². The van der Waals surface area contributed by atoms with Crippen LogP contribution >= 0.6 is 11.8 Å². The Bertz CT molecular complexity index is 488. The van der Waals surface area contributed by atoms with Gasteiger partial charge in [0.2, 0.25) is 0 Å². The molecule has 104 valence electrons. The van der Waals surface area contributed by atoms with Gasteiger partial charge in [0.05, 0.1) is 11.8 Å². The number of carboxylic acids is 1. The van der Waals surface area contributed by atoms with Crippen molar-refractivity contribution < 1.29 is 9.90 Å². The molecule has 2 fully saturated rings. The number of rotatable bonds is 4. The van der Waals surface area contributed by atoms with Crippen molar-refractivity contribution in [1.29, 1.82) is 0 Å². The molecule has 1 aromatic heterocycles. The zero-order valence-electron chi connectivity index (χ0n) is 11.1. The normalized spacial score (nSPS) is 26.8. The van der Waals surface area contributed by atoms with Gasteiger partial charge in [-0.2, -0.15) is 0 Å². The smallest absolute Gasteiger partial charge is 0.313 e. The van der Waals surface area contributed by atoms with Crippen molar-refractivity contribution in [3.63, 3.8) is 0 Å². The van der Waals surface area contributed by atoms with Gasteiger partial charge < -0.3 is 9.67 Å². The SMILES string of the molecule is Cc1cnc(SCC(=O)O)n1C1CCN2CCCC12. The van der Waals surface area contributed by atoms with E-state index < -0.39 is 5.97 Å². The van der Waals surface area contributed by atoms with Crippen LogP contribution < -0.4 is 0 Å². The Balaban J connectivity index is 1.83. The lowest BCUT2D eigenvalue weighted by molar-refractivity contribution is -0.133. The highest BCUT2D eigenvalue weighted by Gasteiger charge is 2.39. The van der Waals surface area contributed by atoms with E-state index in [-0.39, 0.29) is 5.75 Å². The summed E-state index contributed by atoms with van der Waals surface area (Å²) in [4.78, 5) is 17.7.